The minimum absolute atomic E-state index is 0.138. The van der Waals surface area contributed by atoms with E-state index in [-0.39, 0.29) is 5.75 Å². The molecule has 4 nitrogen and oxygen atoms in total. The summed E-state index contributed by atoms with van der Waals surface area (Å²) in [4.78, 5) is 10.3. The zero-order chi connectivity index (χ0) is 42.5. The third kappa shape index (κ3) is 7.23. The second kappa shape index (κ2) is 15.7. The average Bonchev–Trinajstić information content (AvgIpc) is 3.66. The molecule has 0 bridgehead atoms. The molecule has 59 heavy (non-hydrogen) atoms. The Kier molecular flexibility index (Phi) is 9.36. The Morgan fingerprint density at radius 2 is 1.14 bits per heavy atom. The molecule has 0 saturated carbocycles. The smallest absolute Gasteiger partial charge is 0.149 e. The van der Waals surface area contributed by atoms with E-state index < -0.39 is 11.8 Å². The Balaban J connectivity index is 1.24. The molecule has 2 heterocycles. The van der Waals surface area contributed by atoms with Crippen molar-refractivity contribution in [2.45, 2.75) is 46.4 Å². The zero-order valence-electron chi connectivity index (χ0n) is 36.0. The van der Waals surface area contributed by atoms with Gasteiger partial charge in [-0.1, -0.05) is 142 Å². The fourth-order valence-electron chi connectivity index (χ4n) is 8.15. The summed E-state index contributed by atoms with van der Waals surface area (Å²) in [7, 11) is 0. The maximum Gasteiger partial charge on any atom is 0.149 e. The molecule has 0 unspecified atom stereocenters. The van der Waals surface area contributed by atoms with Gasteiger partial charge in [-0.2, -0.15) is 0 Å². The maximum atomic E-state index is 11.3. The van der Waals surface area contributed by atoms with Crippen LogP contribution in [0.15, 0.2) is 176 Å². The van der Waals surface area contributed by atoms with Crippen molar-refractivity contribution in [1.82, 2.24) is 14.5 Å². The molecule has 4 heteroatoms. The van der Waals surface area contributed by atoms with E-state index in [1.165, 1.54) is 5.56 Å². The lowest BCUT2D eigenvalue weighted by Crippen LogP contribution is -2.01. The average molecular weight is 768 g/mol. The van der Waals surface area contributed by atoms with Gasteiger partial charge < -0.3 is 5.11 Å². The molecule has 288 valence electrons. The molecule has 0 saturated heterocycles. The van der Waals surface area contributed by atoms with Gasteiger partial charge in [-0.25, -0.2) is 4.98 Å². The number of hydrogen-bond donors (Lipinski definition) is 1. The molecule has 0 atom stereocenters. The third-order valence-corrected chi connectivity index (χ3v) is 11.2. The quantitative estimate of drug-likeness (QED) is 0.159. The van der Waals surface area contributed by atoms with E-state index in [1.807, 2.05) is 76.4 Å². The Bertz CT molecular complexity index is 3010. The van der Waals surface area contributed by atoms with E-state index in [9.17, 15) is 5.11 Å². The third-order valence-electron chi connectivity index (χ3n) is 11.2. The number of para-hydroxylation sites is 2. The van der Waals surface area contributed by atoms with Crippen LogP contribution >= 0.6 is 0 Å². The largest absolute Gasteiger partial charge is 0.507 e. The first-order valence-corrected chi connectivity index (χ1v) is 20.1. The summed E-state index contributed by atoms with van der Waals surface area (Å²) in [6, 6.07) is 57.7. The van der Waals surface area contributed by atoms with Crippen molar-refractivity contribution in [1.29, 1.82) is 0 Å². The second-order valence-electron chi connectivity index (χ2n) is 15.7. The first-order valence-electron chi connectivity index (χ1n) is 21.1. The predicted molar refractivity (Wildman–Crippen MR) is 246 cm³/mol. The number of phenolic OH excluding ortho intramolecular Hbond substituents is 1. The summed E-state index contributed by atoms with van der Waals surface area (Å²) in [5, 5.41) is 11.3. The van der Waals surface area contributed by atoms with Gasteiger partial charge in [-0.15, -0.1) is 0 Å². The fraction of sp³-hybridized carbons (Fsp3) is 0.127. The van der Waals surface area contributed by atoms with Crippen LogP contribution in [-0.2, 0) is 0 Å². The summed E-state index contributed by atoms with van der Waals surface area (Å²) in [5.41, 5.74) is 16.2. The van der Waals surface area contributed by atoms with Crippen LogP contribution in [-0.4, -0.2) is 19.6 Å². The van der Waals surface area contributed by atoms with Gasteiger partial charge in [-0.05, 0) is 129 Å². The van der Waals surface area contributed by atoms with Crippen LogP contribution in [0.1, 0.15) is 58.9 Å². The molecule has 0 spiro atoms. The van der Waals surface area contributed by atoms with Crippen molar-refractivity contribution >= 4 is 11.0 Å². The van der Waals surface area contributed by atoms with E-state index in [2.05, 4.69) is 133 Å². The van der Waals surface area contributed by atoms with Gasteiger partial charge in [-0.3, -0.25) is 9.55 Å². The molecule has 1 N–H and O–H groups in total. The number of fused-ring (bicyclic) bond motifs is 1. The first-order chi connectivity index (χ1) is 29.3. The molecule has 0 aliphatic rings. The molecule has 9 aromatic rings. The van der Waals surface area contributed by atoms with Crippen molar-refractivity contribution in [3.05, 3.63) is 193 Å². The normalized spacial score (nSPS) is 12.4. The number of aromatic nitrogens is 3. The van der Waals surface area contributed by atoms with Crippen molar-refractivity contribution in [3.8, 4) is 78.6 Å². The minimum Gasteiger partial charge on any atom is -0.507 e. The van der Waals surface area contributed by atoms with Crippen molar-refractivity contribution in [3.63, 3.8) is 0 Å². The molecule has 0 aliphatic heterocycles. The van der Waals surface area contributed by atoms with Crippen LogP contribution in [0.2, 0.25) is 0 Å². The topological polar surface area (TPSA) is 50.9 Å². The zero-order valence-corrected chi connectivity index (χ0v) is 34.0. The van der Waals surface area contributed by atoms with Crippen molar-refractivity contribution in [2.75, 3.05) is 0 Å². The van der Waals surface area contributed by atoms with Crippen LogP contribution in [0.25, 0.3) is 83.9 Å². The van der Waals surface area contributed by atoms with Crippen molar-refractivity contribution < 1.29 is 7.85 Å². The van der Waals surface area contributed by atoms with Crippen LogP contribution in [0.5, 0.6) is 5.75 Å². The van der Waals surface area contributed by atoms with E-state index in [0.717, 1.165) is 83.6 Å². The molecule has 0 radical (unpaired) electrons. The van der Waals surface area contributed by atoms with Gasteiger partial charge >= 0.3 is 0 Å². The Hall–Kier alpha value is -7.04. The van der Waals surface area contributed by atoms with Crippen LogP contribution in [0.4, 0.5) is 0 Å². The van der Waals surface area contributed by atoms with E-state index in [4.69, 9.17) is 12.7 Å². The lowest BCUT2D eigenvalue weighted by molar-refractivity contribution is 0.477. The van der Waals surface area contributed by atoms with E-state index >= 15 is 0 Å². The summed E-state index contributed by atoms with van der Waals surface area (Å²) >= 11 is 0. The SMILES string of the molecule is [2H]C(C)(C)c1cccc(C([2H])(C)C)c1-c1ccc(-n2c(-c3ccccc3O)nc3c(-c4cc(-c5ccccc5)cc(-c5cc(-c6ccc(C)cc6)ccn5)c4)cccc32)cc1. The second-order valence-corrected chi connectivity index (χ2v) is 15.7. The number of hydrogen-bond acceptors (Lipinski definition) is 3. The van der Waals surface area contributed by atoms with E-state index in [1.54, 1.807) is 6.07 Å². The highest BCUT2D eigenvalue weighted by Crippen LogP contribution is 2.41. The van der Waals surface area contributed by atoms with Gasteiger partial charge in [0.2, 0.25) is 0 Å². The molecule has 0 amide bonds. The fourth-order valence-corrected chi connectivity index (χ4v) is 8.15. The highest BCUT2D eigenvalue weighted by molar-refractivity contribution is 5.97. The molecule has 2 aromatic heterocycles. The Morgan fingerprint density at radius 1 is 0.525 bits per heavy atom. The molecular weight excluding hydrogens is 719 g/mol. The van der Waals surface area contributed by atoms with Gasteiger partial charge in [0.25, 0.3) is 0 Å². The van der Waals surface area contributed by atoms with Crippen LogP contribution in [0.3, 0.4) is 0 Å². The number of rotatable bonds is 9. The molecule has 0 fully saturated rings. The molecule has 0 aliphatic carbocycles. The van der Waals surface area contributed by atoms with Gasteiger partial charge in [0, 0.05) is 25.8 Å². The monoisotopic (exact) mass is 767 g/mol. The highest BCUT2D eigenvalue weighted by atomic mass is 16.3. The molecular formula is C55H47N3O. The predicted octanol–water partition coefficient (Wildman–Crippen LogP) is 14.7. The number of phenols is 1. The summed E-state index contributed by atoms with van der Waals surface area (Å²) < 4.78 is 20.2. The number of aryl methyl sites for hydroxylation is 1. The summed E-state index contributed by atoms with van der Waals surface area (Å²) in [5.74, 6) is -0.996. The number of pyridine rings is 1. The lowest BCUT2D eigenvalue weighted by Gasteiger charge is -2.20. The van der Waals surface area contributed by atoms with Crippen LogP contribution < -0.4 is 0 Å². The summed E-state index contributed by atoms with van der Waals surface area (Å²) in [6.45, 7) is 9.68. The standard InChI is InChI=1S/C55H47N3O/c1-35(2)46-16-11-17-47(36(3)4)53(46)40-25-27-45(28-26-40)58-51-19-12-18-48(54(51)57-55(58)49-15-9-10-20-52(49)59)43-31-42(38-13-7-6-8-14-38)32-44(33-43)50-34-41(29-30-56-50)39-23-21-37(5)22-24-39/h6-36,59H,1-5H3/i35D,36D. The Labute approximate surface area is 350 Å². The summed E-state index contributed by atoms with van der Waals surface area (Å²) in [6.07, 6.45) is 1.88. The van der Waals surface area contributed by atoms with Crippen molar-refractivity contribution in [2.24, 2.45) is 0 Å². The molecule has 9 rings (SSSR count). The number of aromatic hydroxyl groups is 1. The number of imidazole rings is 1. The minimum atomic E-state index is -0.873. The Morgan fingerprint density at radius 3 is 1.85 bits per heavy atom. The number of benzene rings is 7. The van der Waals surface area contributed by atoms with Gasteiger partial charge in [0.15, 0.2) is 0 Å². The van der Waals surface area contributed by atoms with Crippen LogP contribution in [0, 0.1) is 6.92 Å². The highest BCUT2D eigenvalue weighted by Gasteiger charge is 2.22. The number of nitrogens with zero attached hydrogens (tertiary/aromatic N) is 3. The van der Waals surface area contributed by atoms with Gasteiger partial charge in [0.1, 0.15) is 11.6 Å². The van der Waals surface area contributed by atoms with Gasteiger partial charge in [0.05, 0.1) is 22.3 Å². The van der Waals surface area contributed by atoms with E-state index in [0.29, 0.717) is 11.4 Å². The molecule has 7 aromatic carbocycles. The maximum absolute atomic E-state index is 11.3. The first kappa shape index (κ1) is 35.1. The lowest BCUT2D eigenvalue weighted by atomic mass is 9.85.